The van der Waals surface area contributed by atoms with Gasteiger partial charge in [-0.25, -0.2) is 9.18 Å². The second-order valence-electron chi connectivity index (χ2n) is 4.08. The molecule has 2 rings (SSSR count). The van der Waals surface area contributed by atoms with Gasteiger partial charge in [0.15, 0.2) is 0 Å². The van der Waals surface area contributed by atoms with Crippen molar-refractivity contribution in [3.05, 3.63) is 57.8 Å². The zero-order valence-electron chi connectivity index (χ0n) is 10.4. The molecule has 0 radical (unpaired) electrons. The summed E-state index contributed by atoms with van der Waals surface area (Å²) in [4.78, 5) is 23.2. The van der Waals surface area contributed by atoms with Gasteiger partial charge in [-0.15, -0.1) is 0 Å². The molecule has 0 saturated heterocycles. The standard InChI is InChI=1S/C14H9BrFNO4/c15-10-3-1-2-8(14(20)21)12(10)17-13(19)9-6-7(16)4-5-11(9)18/h1-6,18H,(H,17,19)(H,20,21). The molecule has 0 heterocycles. The van der Waals surface area contributed by atoms with Crippen molar-refractivity contribution in [2.45, 2.75) is 0 Å². The van der Waals surface area contributed by atoms with Gasteiger partial charge in [0, 0.05) is 4.47 Å². The van der Waals surface area contributed by atoms with Crippen LogP contribution in [0.15, 0.2) is 40.9 Å². The van der Waals surface area contributed by atoms with E-state index in [1.165, 1.54) is 12.1 Å². The number of hydrogen-bond donors (Lipinski definition) is 3. The molecular formula is C14H9BrFNO4. The van der Waals surface area contributed by atoms with Crippen LogP contribution in [-0.4, -0.2) is 22.1 Å². The highest BCUT2D eigenvalue weighted by Gasteiger charge is 2.18. The van der Waals surface area contributed by atoms with Crippen LogP contribution < -0.4 is 5.32 Å². The lowest BCUT2D eigenvalue weighted by Crippen LogP contribution is -2.15. The Kier molecular flexibility index (Phi) is 4.23. The SMILES string of the molecule is O=C(Nc1c(Br)cccc1C(=O)O)c1cc(F)ccc1O. The van der Waals surface area contributed by atoms with E-state index in [1.807, 2.05) is 0 Å². The summed E-state index contributed by atoms with van der Waals surface area (Å²) < 4.78 is 13.5. The molecule has 0 bridgehead atoms. The van der Waals surface area contributed by atoms with Crippen molar-refractivity contribution in [1.29, 1.82) is 0 Å². The molecular weight excluding hydrogens is 345 g/mol. The number of carboxylic acids is 1. The summed E-state index contributed by atoms with van der Waals surface area (Å²) in [6.07, 6.45) is 0. The fraction of sp³-hybridized carbons (Fsp3) is 0. The second kappa shape index (κ2) is 5.92. The second-order valence-corrected chi connectivity index (χ2v) is 4.94. The first-order valence-corrected chi connectivity index (χ1v) is 6.51. The lowest BCUT2D eigenvalue weighted by molar-refractivity contribution is 0.0698. The third-order valence-electron chi connectivity index (χ3n) is 2.69. The highest BCUT2D eigenvalue weighted by molar-refractivity contribution is 9.10. The van der Waals surface area contributed by atoms with Crippen molar-refractivity contribution in [2.75, 3.05) is 5.32 Å². The summed E-state index contributed by atoms with van der Waals surface area (Å²) in [5.74, 6) is -3.14. The Balaban J connectivity index is 2.41. The maximum absolute atomic E-state index is 13.1. The predicted octanol–water partition coefficient (Wildman–Crippen LogP) is 3.24. The molecule has 108 valence electrons. The average Bonchev–Trinajstić information content (AvgIpc) is 2.43. The van der Waals surface area contributed by atoms with E-state index in [0.717, 1.165) is 18.2 Å². The van der Waals surface area contributed by atoms with Gasteiger partial charge in [-0.05, 0) is 46.3 Å². The van der Waals surface area contributed by atoms with Gasteiger partial charge in [-0.3, -0.25) is 4.79 Å². The van der Waals surface area contributed by atoms with E-state index in [0.29, 0.717) is 4.47 Å². The Morgan fingerprint density at radius 3 is 2.52 bits per heavy atom. The fourth-order valence-electron chi connectivity index (χ4n) is 1.70. The van der Waals surface area contributed by atoms with Crippen LogP contribution in [0.5, 0.6) is 5.75 Å². The maximum atomic E-state index is 13.1. The highest BCUT2D eigenvalue weighted by Crippen LogP contribution is 2.28. The molecule has 0 spiro atoms. The Hall–Kier alpha value is -2.41. The number of phenols is 1. The number of aromatic carboxylic acids is 1. The van der Waals surface area contributed by atoms with E-state index in [2.05, 4.69) is 21.2 Å². The molecule has 5 nitrogen and oxygen atoms in total. The molecule has 21 heavy (non-hydrogen) atoms. The van der Waals surface area contributed by atoms with E-state index in [9.17, 15) is 19.1 Å². The first kappa shape index (κ1) is 15.0. The molecule has 0 fully saturated rings. The number of aromatic hydroxyl groups is 1. The summed E-state index contributed by atoms with van der Waals surface area (Å²) in [5.41, 5.74) is -0.394. The molecule has 1 amide bonds. The van der Waals surface area contributed by atoms with Crippen LogP contribution >= 0.6 is 15.9 Å². The number of para-hydroxylation sites is 1. The minimum absolute atomic E-state index is 0.0265. The zero-order valence-corrected chi connectivity index (χ0v) is 12.0. The molecule has 0 aliphatic rings. The van der Waals surface area contributed by atoms with Crippen molar-refractivity contribution in [1.82, 2.24) is 0 Å². The summed E-state index contributed by atoms with van der Waals surface area (Å²) >= 11 is 3.13. The molecule has 0 aliphatic carbocycles. The van der Waals surface area contributed by atoms with Crippen LogP contribution in [0.3, 0.4) is 0 Å². The van der Waals surface area contributed by atoms with Crippen LogP contribution in [0, 0.1) is 5.82 Å². The van der Waals surface area contributed by atoms with Crippen molar-refractivity contribution in [2.24, 2.45) is 0 Å². The Labute approximate surface area is 127 Å². The van der Waals surface area contributed by atoms with Gasteiger partial charge in [0.1, 0.15) is 11.6 Å². The van der Waals surface area contributed by atoms with Crippen molar-refractivity contribution < 1.29 is 24.2 Å². The largest absolute Gasteiger partial charge is 0.507 e. The van der Waals surface area contributed by atoms with Gasteiger partial charge in [-0.2, -0.15) is 0 Å². The fourth-order valence-corrected chi connectivity index (χ4v) is 2.17. The third-order valence-corrected chi connectivity index (χ3v) is 3.35. The molecule has 0 saturated carbocycles. The van der Waals surface area contributed by atoms with Crippen LogP contribution in [0.4, 0.5) is 10.1 Å². The highest BCUT2D eigenvalue weighted by atomic mass is 79.9. The molecule has 0 aromatic heterocycles. The maximum Gasteiger partial charge on any atom is 0.337 e. The molecule has 2 aromatic rings. The lowest BCUT2D eigenvalue weighted by Gasteiger charge is -2.11. The number of phenolic OH excluding ortho intramolecular Hbond substituents is 1. The normalized spacial score (nSPS) is 10.2. The molecule has 3 N–H and O–H groups in total. The number of carbonyl (C=O) groups is 2. The van der Waals surface area contributed by atoms with Crippen molar-refractivity contribution in [3.8, 4) is 5.75 Å². The molecule has 2 aromatic carbocycles. The van der Waals surface area contributed by atoms with Crippen LogP contribution in [0.2, 0.25) is 0 Å². The minimum Gasteiger partial charge on any atom is -0.507 e. The number of anilines is 1. The number of hydrogen-bond acceptors (Lipinski definition) is 3. The van der Waals surface area contributed by atoms with E-state index in [-0.39, 0.29) is 16.8 Å². The summed E-state index contributed by atoms with van der Waals surface area (Å²) in [6.45, 7) is 0. The predicted molar refractivity (Wildman–Crippen MR) is 77.1 cm³/mol. The molecule has 7 heteroatoms. The van der Waals surface area contributed by atoms with Crippen molar-refractivity contribution >= 4 is 33.5 Å². The Bertz CT molecular complexity index is 733. The molecule has 0 unspecified atom stereocenters. The number of amides is 1. The monoisotopic (exact) mass is 353 g/mol. The van der Waals surface area contributed by atoms with Crippen LogP contribution in [-0.2, 0) is 0 Å². The first-order chi connectivity index (χ1) is 9.90. The zero-order chi connectivity index (χ0) is 15.6. The van der Waals surface area contributed by atoms with E-state index in [1.54, 1.807) is 6.07 Å². The lowest BCUT2D eigenvalue weighted by atomic mass is 10.1. The minimum atomic E-state index is -1.23. The third kappa shape index (κ3) is 3.19. The summed E-state index contributed by atoms with van der Waals surface area (Å²) in [5, 5.41) is 21.0. The average molecular weight is 354 g/mol. The number of carboxylic acid groups (broad SMARTS) is 1. The van der Waals surface area contributed by atoms with Crippen molar-refractivity contribution in [3.63, 3.8) is 0 Å². The quantitative estimate of drug-likeness (QED) is 0.790. The molecule has 0 aliphatic heterocycles. The number of carbonyl (C=O) groups excluding carboxylic acids is 1. The summed E-state index contributed by atoms with van der Waals surface area (Å²) in [7, 11) is 0. The number of halogens is 2. The van der Waals surface area contributed by atoms with Gasteiger partial charge in [0.2, 0.25) is 0 Å². The molecule has 0 atom stereocenters. The van der Waals surface area contributed by atoms with E-state index in [4.69, 9.17) is 5.11 Å². The summed E-state index contributed by atoms with van der Waals surface area (Å²) in [6, 6.07) is 7.28. The van der Waals surface area contributed by atoms with E-state index >= 15 is 0 Å². The number of rotatable bonds is 3. The first-order valence-electron chi connectivity index (χ1n) is 5.72. The Morgan fingerprint density at radius 1 is 1.14 bits per heavy atom. The van der Waals surface area contributed by atoms with Crippen LogP contribution in [0.1, 0.15) is 20.7 Å². The van der Waals surface area contributed by atoms with E-state index < -0.39 is 23.4 Å². The smallest absolute Gasteiger partial charge is 0.337 e. The van der Waals surface area contributed by atoms with Gasteiger partial charge < -0.3 is 15.5 Å². The van der Waals surface area contributed by atoms with Crippen LogP contribution in [0.25, 0.3) is 0 Å². The van der Waals surface area contributed by atoms with Gasteiger partial charge in [-0.1, -0.05) is 6.07 Å². The van der Waals surface area contributed by atoms with Gasteiger partial charge in [0.25, 0.3) is 5.91 Å². The topological polar surface area (TPSA) is 86.6 Å². The number of nitrogens with one attached hydrogen (secondary N) is 1. The van der Waals surface area contributed by atoms with Gasteiger partial charge in [0.05, 0.1) is 16.8 Å². The Morgan fingerprint density at radius 2 is 1.86 bits per heavy atom. The number of benzene rings is 2. The van der Waals surface area contributed by atoms with Gasteiger partial charge >= 0.3 is 5.97 Å².